The molecule has 0 saturated heterocycles. The largest absolute Gasteiger partial charge is 0.515 e. The molecule has 0 aromatic carbocycles. The van der Waals surface area contributed by atoms with E-state index in [9.17, 15) is 4.79 Å². The van der Waals surface area contributed by atoms with E-state index in [2.05, 4.69) is 6.92 Å². The van der Waals surface area contributed by atoms with Gasteiger partial charge in [-0.3, -0.25) is 4.79 Å². The first-order valence-corrected chi connectivity index (χ1v) is 4.02. The molecule has 0 unspecified atom stereocenters. The Balaban J connectivity index is 2.75. The molecule has 1 saturated carbocycles. The minimum absolute atomic E-state index is 0.0946. The Labute approximate surface area is 66.9 Å². The highest BCUT2D eigenvalue weighted by atomic mass is 16.2. The van der Waals surface area contributed by atoms with E-state index >= 15 is 0 Å². The van der Waals surface area contributed by atoms with Crippen LogP contribution in [-0.2, 0) is 4.79 Å². The van der Waals surface area contributed by atoms with Crippen LogP contribution in [0.1, 0.15) is 26.7 Å². The second-order valence-corrected chi connectivity index (χ2v) is 3.46. The van der Waals surface area contributed by atoms with Gasteiger partial charge in [0.05, 0.1) is 6.26 Å². The fourth-order valence-corrected chi connectivity index (χ4v) is 1.70. The van der Waals surface area contributed by atoms with Crippen molar-refractivity contribution in [2.24, 2.45) is 11.8 Å². The zero-order valence-corrected chi connectivity index (χ0v) is 7.00. The molecule has 1 aliphatic rings. The highest BCUT2D eigenvalue weighted by molar-refractivity contribution is 5.97. The lowest BCUT2D eigenvalue weighted by Crippen LogP contribution is -2.23. The number of aliphatic hydroxyl groups is 1. The zero-order chi connectivity index (χ0) is 8.43. The van der Waals surface area contributed by atoms with Crippen molar-refractivity contribution < 1.29 is 9.90 Å². The van der Waals surface area contributed by atoms with Gasteiger partial charge in [0.15, 0.2) is 5.78 Å². The molecule has 2 nitrogen and oxygen atoms in total. The van der Waals surface area contributed by atoms with Crippen molar-refractivity contribution in [2.75, 3.05) is 0 Å². The van der Waals surface area contributed by atoms with Gasteiger partial charge in [-0.15, -0.1) is 0 Å². The van der Waals surface area contributed by atoms with Gasteiger partial charge >= 0.3 is 0 Å². The number of ketones is 1. The van der Waals surface area contributed by atoms with Crippen molar-refractivity contribution in [3.63, 3.8) is 0 Å². The fraction of sp³-hybridized carbons (Fsp3) is 0.667. The normalized spacial score (nSPS) is 36.2. The summed E-state index contributed by atoms with van der Waals surface area (Å²) in [5.74, 6) is 0.740. The molecule has 1 N–H and O–H groups in total. The van der Waals surface area contributed by atoms with Crippen molar-refractivity contribution in [3.05, 3.63) is 11.8 Å². The first kappa shape index (κ1) is 8.31. The Morgan fingerprint density at radius 1 is 1.55 bits per heavy atom. The number of carbonyl (C=O) groups excluding carboxylic acids is 1. The Hall–Kier alpha value is -0.790. The lowest BCUT2D eigenvalue weighted by Gasteiger charge is -2.23. The van der Waals surface area contributed by atoms with Gasteiger partial charge in [-0.05, 0) is 18.8 Å². The molecular weight excluding hydrogens is 140 g/mol. The predicted octanol–water partition coefficient (Wildman–Crippen LogP) is 2.06. The van der Waals surface area contributed by atoms with Crippen LogP contribution in [0.25, 0.3) is 0 Å². The maximum absolute atomic E-state index is 11.3. The van der Waals surface area contributed by atoms with Crippen LogP contribution in [0, 0.1) is 11.8 Å². The lowest BCUT2D eigenvalue weighted by atomic mass is 9.80. The molecule has 0 amide bonds. The molecule has 0 aromatic heterocycles. The van der Waals surface area contributed by atoms with E-state index in [1.807, 2.05) is 6.92 Å². The molecule has 2 atom stereocenters. The van der Waals surface area contributed by atoms with Crippen LogP contribution in [0.15, 0.2) is 11.8 Å². The topological polar surface area (TPSA) is 37.3 Å². The minimum Gasteiger partial charge on any atom is -0.515 e. The summed E-state index contributed by atoms with van der Waals surface area (Å²) in [5.41, 5.74) is 0.594. The van der Waals surface area contributed by atoms with Crippen LogP contribution in [0.2, 0.25) is 0 Å². The molecule has 11 heavy (non-hydrogen) atoms. The number of allylic oxidation sites excluding steroid dienone is 1. The van der Waals surface area contributed by atoms with Crippen molar-refractivity contribution in [3.8, 4) is 0 Å². The molecule has 1 rings (SSSR count). The second kappa shape index (κ2) is 3.07. The van der Waals surface area contributed by atoms with E-state index in [1.165, 1.54) is 0 Å². The van der Waals surface area contributed by atoms with E-state index in [0.717, 1.165) is 19.1 Å². The van der Waals surface area contributed by atoms with Crippen LogP contribution in [0.5, 0.6) is 0 Å². The van der Waals surface area contributed by atoms with Crippen LogP contribution >= 0.6 is 0 Å². The third kappa shape index (κ3) is 1.62. The van der Waals surface area contributed by atoms with Gasteiger partial charge in [-0.2, -0.15) is 0 Å². The monoisotopic (exact) mass is 154 g/mol. The minimum atomic E-state index is 0.0946. The van der Waals surface area contributed by atoms with E-state index < -0.39 is 0 Å². The summed E-state index contributed by atoms with van der Waals surface area (Å²) in [4.78, 5) is 11.3. The van der Waals surface area contributed by atoms with Crippen molar-refractivity contribution >= 4 is 5.78 Å². The second-order valence-electron chi connectivity index (χ2n) is 3.46. The Kier molecular flexibility index (Phi) is 2.32. The third-order valence-electron chi connectivity index (χ3n) is 2.24. The number of carbonyl (C=O) groups is 1. The van der Waals surface area contributed by atoms with Gasteiger partial charge in [0.1, 0.15) is 0 Å². The predicted molar refractivity (Wildman–Crippen MR) is 43.3 cm³/mol. The third-order valence-corrected chi connectivity index (χ3v) is 2.24. The number of hydrogen-bond donors (Lipinski definition) is 1. The quantitative estimate of drug-likeness (QED) is 0.428. The first-order chi connectivity index (χ1) is 5.15. The van der Waals surface area contributed by atoms with Gasteiger partial charge in [-0.25, -0.2) is 0 Å². The average molecular weight is 154 g/mol. The smallest absolute Gasteiger partial charge is 0.164 e. The van der Waals surface area contributed by atoms with Crippen LogP contribution in [0.3, 0.4) is 0 Å². The van der Waals surface area contributed by atoms with Gasteiger partial charge in [0, 0.05) is 11.5 Å². The molecule has 1 aliphatic carbocycles. The van der Waals surface area contributed by atoms with Gasteiger partial charge < -0.3 is 5.11 Å². The molecule has 0 aliphatic heterocycles. The van der Waals surface area contributed by atoms with Crippen LogP contribution < -0.4 is 0 Å². The Morgan fingerprint density at radius 3 is 2.73 bits per heavy atom. The van der Waals surface area contributed by atoms with Gasteiger partial charge in [0.2, 0.25) is 0 Å². The molecule has 0 radical (unpaired) electrons. The molecule has 0 spiro atoms. The highest BCUT2D eigenvalue weighted by Gasteiger charge is 2.26. The summed E-state index contributed by atoms with van der Waals surface area (Å²) in [6, 6.07) is 0. The van der Waals surface area contributed by atoms with E-state index in [0.29, 0.717) is 11.5 Å². The van der Waals surface area contributed by atoms with Crippen LogP contribution in [0.4, 0.5) is 0 Å². The van der Waals surface area contributed by atoms with Crippen molar-refractivity contribution in [1.82, 2.24) is 0 Å². The highest BCUT2D eigenvalue weighted by Crippen LogP contribution is 2.28. The molecule has 0 bridgehead atoms. The molecule has 0 aromatic rings. The Morgan fingerprint density at radius 2 is 2.18 bits per heavy atom. The summed E-state index contributed by atoms with van der Waals surface area (Å²) < 4.78 is 0. The SMILES string of the molecule is C[C@H]1C/C(=C\O)C(=O)[C@H](C)C1. The Bertz CT molecular complexity index is 194. The maximum atomic E-state index is 11.3. The zero-order valence-electron chi connectivity index (χ0n) is 7.00. The molecule has 62 valence electrons. The maximum Gasteiger partial charge on any atom is 0.164 e. The van der Waals surface area contributed by atoms with E-state index in [4.69, 9.17) is 5.11 Å². The summed E-state index contributed by atoms with van der Waals surface area (Å²) >= 11 is 0. The summed E-state index contributed by atoms with van der Waals surface area (Å²) in [7, 11) is 0. The fourth-order valence-electron chi connectivity index (χ4n) is 1.70. The number of Topliss-reactive ketones (excluding diaryl/α,β-unsaturated/α-hetero) is 1. The standard InChI is InChI=1S/C9H14O2/c1-6-3-7(2)9(11)8(4-6)5-10/h5-7,10H,3-4H2,1-2H3/b8-5+/t6-,7-/m1/s1. The molecule has 1 fully saturated rings. The van der Waals surface area contributed by atoms with Crippen molar-refractivity contribution in [1.29, 1.82) is 0 Å². The van der Waals surface area contributed by atoms with Gasteiger partial charge in [0.25, 0.3) is 0 Å². The summed E-state index contributed by atoms with van der Waals surface area (Å²) in [6.45, 7) is 4.02. The van der Waals surface area contributed by atoms with Gasteiger partial charge in [-0.1, -0.05) is 13.8 Å². The average Bonchev–Trinajstić information content (AvgIpc) is 1.96. The van der Waals surface area contributed by atoms with Crippen molar-refractivity contribution in [2.45, 2.75) is 26.7 Å². The number of aliphatic hydroxyl groups excluding tert-OH is 1. The summed E-state index contributed by atoms with van der Waals surface area (Å²) in [5, 5.41) is 8.71. The molecule has 0 heterocycles. The first-order valence-electron chi connectivity index (χ1n) is 4.02. The number of rotatable bonds is 0. The lowest BCUT2D eigenvalue weighted by molar-refractivity contribution is -0.120. The van der Waals surface area contributed by atoms with E-state index in [-0.39, 0.29) is 11.7 Å². The molecule has 2 heteroatoms. The molecular formula is C9H14O2. The van der Waals surface area contributed by atoms with Crippen LogP contribution in [-0.4, -0.2) is 10.9 Å². The van der Waals surface area contributed by atoms with E-state index in [1.54, 1.807) is 0 Å². The number of hydrogen-bond acceptors (Lipinski definition) is 2. The summed E-state index contributed by atoms with van der Waals surface area (Å²) in [6.07, 6.45) is 2.66.